The van der Waals surface area contributed by atoms with Crippen molar-refractivity contribution in [3.05, 3.63) is 42.1 Å². The van der Waals surface area contributed by atoms with Crippen LogP contribution >= 0.6 is 0 Å². The second-order valence-corrected chi connectivity index (χ2v) is 16.5. The second-order valence-electron chi connectivity index (χ2n) is 11.1. The van der Waals surface area contributed by atoms with E-state index in [0.717, 1.165) is 40.7 Å². The molecule has 200 valence electrons. The lowest BCUT2D eigenvalue weighted by Crippen LogP contribution is -2.50. The molecule has 6 nitrogen and oxygen atoms in total. The number of aliphatic hydroxyl groups excluding tert-OH is 1. The summed E-state index contributed by atoms with van der Waals surface area (Å²) in [4.78, 5) is 3.56. The van der Waals surface area contributed by atoms with E-state index in [1.165, 1.54) is 0 Å². The molecule has 0 fully saturated rings. The van der Waals surface area contributed by atoms with Crippen LogP contribution in [0.4, 0.5) is 0 Å². The van der Waals surface area contributed by atoms with Crippen LogP contribution in [0.2, 0.25) is 16.6 Å². The molecule has 3 atom stereocenters. The van der Waals surface area contributed by atoms with Crippen molar-refractivity contribution in [2.75, 3.05) is 20.3 Å². The van der Waals surface area contributed by atoms with Gasteiger partial charge in [0.05, 0.1) is 24.1 Å². The number of methoxy groups -OCH3 is 1. The molecule has 0 unspecified atom stereocenters. The van der Waals surface area contributed by atoms with Crippen LogP contribution in [-0.4, -0.2) is 50.9 Å². The first-order valence-corrected chi connectivity index (χ1v) is 15.4. The van der Waals surface area contributed by atoms with Gasteiger partial charge in [0.2, 0.25) is 0 Å². The molecule has 2 heterocycles. The minimum atomic E-state index is -2.14. The first kappa shape index (κ1) is 28.3. The van der Waals surface area contributed by atoms with E-state index >= 15 is 0 Å². The normalized spacial score (nSPS) is 17.9. The zero-order chi connectivity index (χ0) is 26.6. The van der Waals surface area contributed by atoms with Crippen molar-refractivity contribution in [2.24, 2.45) is 5.92 Å². The quantitative estimate of drug-likeness (QED) is 0.279. The van der Waals surface area contributed by atoms with Gasteiger partial charge >= 0.3 is 0 Å². The van der Waals surface area contributed by atoms with E-state index in [9.17, 15) is 5.11 Å². The van der Waals surface area contributed by atoms with E-state index in [1.807, 2.05) is 19.9 Å². The zero-order valence-corrected chi connectivity index (χ0v) is 24.5. The molecule has 1 aromatic heterocycles. The summed E-state index contributed by atoms with van der Waals surface area (Å²) in [7, 11) is -0.451. The number of aromatic nitrogens is 1. The predicted octanol–water partition coefficient (Wildman–Crippen LogP) is 6.59. The number of rotatable bonds is 12. The Morgan fingerprint density at radius 3 is 2.08 bits per heavy atom. The summed E-state index contributed by atoms with van der Waals surface area (Å²) in [5.74, 6) is 1.75. The molecule has 0 aliphatic carbocycles. The summed E-state index contributed by atoms with van der Waals surface area (Å²) in [5.41, 5.74) is 5.45. The fraction of sp³-hybridized carbons (Fsp3) is 0.586. The summed E-state index contributed by atoms with van der Waals surface area (Å²) >= 11 is 0. The van der Waals surface area contributed by atoms with E-state index in [-0.39, 0.29) is 18.1 Å². The highest BCUT2D eigenvalue weighted by molar-refractivity contribution is 6.78. The molecule has 0 saturated heterocycles. The molecule has 1 aliphatic rings. The lowest BCUT2D eigenvalue weighted by Gasteiger charge is -2.42. The number of aromatic amines is 1. The van der Waals surface area contributed by atoms with Crippen molar-refractivity contribution in [2.45, 2.75) is 84.2 Å². The molecule has 3 N–H and O–H groups in total. The Morgan fingerprint density at radius 2 is 1.53 bits per heavy atom. The summed E-state index contributed by atoms with van der Waals surface area (Å²) < 4.78 is 18.6. The van der Waals surface area contributed by atoms with Crippen molar-refractivity contribution in [1.29, 1.82) is 0 Å². The molecule has 2 aromatic rings. The van der Waals surface area contributed by atoms with Crippen LogP contribution in [0.5, 0.6) is 11.5 Å². The van der Waals surface area contributed by atoms with Gasteiger partial charge in [-0.25, -0.2) is 0 Å². The van der Waals surface area contributed by atoms with Crippen molar-refractivity contribution in [3.8, 4) is 22.8 Å². The maximum absolute atomic E-state index is 9.95. The van der Waals surface area contributed by atoms with E-state index in [1.54, 1.807) is 7.11 Å². The lowest BCUT2D eigenvalue weighted by molar-refractivity contribution is 0.0920. The molecule has 3 rings (SSSR count). The van der Waals surface area contributed by atoms with Crippen LogP contribution in [0.25, 0.3) is 17.0 Å². The smallest absolute Gasteiger partial charge is 0.258 e. The number of hydrogen-bond donors (Lipinski definition) is 3. The van der Waals surface area contributed by atoms with E-state index in [0.29, 0.717) is 23.2 Å². The van der Waals surface area contributed by atoms with Gasteiger partial charge in [-0.15, -0.1) is 0 Å². The number of nitrogens with one attached hydrogen (secondary N) is 2. The SMILES string of the molecule is COC[C@H](C)Oc1cc(O[Si](C(C)C)(C(C)C)C(C)C)cc(-c2ccc(C3=C[C@H]([C@@H](C)O)CN3)[nH]2)c1. The first-order valence-electron chi connectivity index (χ1n) is 13.3. The van der Waals surface area contributed by atoms with Crippen molar-refractivity contribution < 1.29 is 19.0 Å². The fourth-order valence-electron chi connectivity index (χ4n) is 5.69. The molecule has 0 amide bonds. The fourth-order valence-corrected chi connectivity index (χ4v) is 10.9. The highest BCUT2D eigenvalue weighted by atomic mass is 28.4. The molecule has 0 radical (unpaired) electrons. The average molecular weight is 515 g/mol. The Bertz CT molecular complexity index is 1010. The lowest BCUT2D eigenvalue weighted by atomic mass is 10.1. The van der Waals surface area contributed by atoms with Crippen molar-refractivity contribution >= 4 is 14.0 Å². The third-order valence-corrected chi connectivity index (χ3v) is 13.4. The molecular formula is C29H46N2O4Si. The molecule has 0 saturated carbocycles. The standard InChI is InChI=1S/C29H46N2O4Si/c1-18(2)36(19(3)4,20(5)6)35-26-13-23(12-25(15-26)34-21(7)17-33-9)27-10-11-28(31-27)29-14-24(16-30-29)22(8)32/h10-15,18-22,24,30-32H,16-17H2,1-9H3/t21-,22+,24-/m0/s1. The third-order valence-electron chi connectivity index (χ3n) is 7.44. The van der Waals surface area contributed by atoms with Crippen molar-refractivity contribution in [3.63, 3.8) is 0 Å². The Labute approximate surface area is 218 Å². The Morgan fingerprint density at radius 1 is 0.917 bits per heavy atom. The van der Waals surface area contributed by atoms with Crippen molar-refractivity contribution in [1.82, 2.24) is 10.3 Å². The van der Waals surface area contributed by atoms with E-state index in [4.69, 9.17) is 13.9 Å². The number of aliphatic hydroxyl groups is 1. The zero-order valence-electron chi connectivity index (χ0n) is 23.5. The van der Waals surface area contributed by atoms with Gasteiger partial charge in [-0.05, 0) is 54.7 Å². The van der Waals surface area contributed by atoms with Gasteiger partial charge in [-0.1, -0.05) is 47.6 Å². The average Bonchev–Trinajstić information content (AvgIpc) is 3.46. The molecule has 1 aromatic carbocycles. The molecule has 36 heavy (non-hydrogen) atoms. The summed E-state index contributed by atoms with van der Waals surface area (Å²) in [5, 5.41) is 13.4. The molecule has 0 bridgehead atoms. The Hall–Kier alpha value is -2.22. The van der Waals surface area contributed by atoms with Crippen LogP contribution in [0, 0.1) is 5.92 Å². The third kappa shape index (κ3) is 6.18. The van der Waals surface area contributed by atoms with Crippen LogP contribution < -0.4 is 14.5 Å². The van der Waals surface area contributed by atoms with Gasteiger partial charge in [0.15, 0.2) is 0 Å². The van der Waals surface area contributed by atoms with Crippen LogP contribution in [0.3, 0.4) is 0 Å². The summed E-state index contributed by atoms with van der Waals surface area (Å²) in [6.45, 7) is 18.9. The monoisotopic (exact) mass is 514 g/mol. The van der Waals surface area contributed by atoms with Gasteiger partial charge in [0.25, 0.3) is 8.32 Å². The minimum absolute atomic E-state index is 0.0788. The maximum Gasteiger partial charge on any atom is 0.258 e. The predicted molar refractivity (Wildman–Crippen MR) is 151 cm³/mol. The number of hydrogen-bond acceptors (Lipinski definition) is 5. The number of H-pyrrole nitrogens is 1. The van der Waals surface area contributed by atoms with Gasteiger partial charge < -0.3 is 29.3 Å². The van der Waals surface area contributed by atoms with E-state index in [2.05, 4.69) is 82.2 Å². The minimum Gasteiger partial charge on any atom is -0.543 e. The largest absolute Gasteiger partial charge is 0.543 e. The topological polar surface area (TPSA) is 75.7 Å². The van der Waals surface area contributed by atoms with Crippen LogP contribution in [-0.2, 0) is 4.74 Å². The summed E-state index contributed by atoms with van der Waals surface area (Å²) in [6.07, 6.45) is 1.65. The first-order chi connectivity index (χ1) is 17.0. The molecule has 7 heteroatoms. The maximum atomic E-state index is 9.95. The molecular weight excluding hydrogens is 468 g/mol. The van der Waals surface area contributed by atoms with E-state index < -0.39 is 8.32 Å². The Balaban J connectivity index is 2.01. The number of ether oxygens (including phenoxy) is 2. The van der Waals surface area contributed by atoms with Crippen LogP contribution in [0.15, 0.2) is 36.4 Å². The van der Waals surface area contributed by atoms with Gasteiger partial charge in [0.1, 0.15) is 17.6 Å². The Kier molecular flexibility index (Phi) is 9.36. The second kappa shape index (κ2) is 11.9. The van der Waals surface area contributed by atoms with Gasteiger partial charge in [-0.3, -0.25) is 0 Å². The molecule has 0 spiro atoms. The highest BCUT2D eigenvalue weighted by Crippen LogP contribution is 2.44. The van der Waals surface area contributed by atoms with Gasteiger partial charge in [-0.2, -0.15) is 0 Å². The summed E-state index contributed by atoms with van der Waals surface area (Å²) in [6, 6.07) is 10.4. The highest BCUT2D eigenvalue weighted by Gasteiger charge is 2.47. The van der Waals surface area contributed by atoms with Gasteiger partial charge in [0, 0.05) is 36.9 Å². The van der Waals surface area contributed by atoms with Crippen LogP contribution in [0.1, 0.15) is 61.1 Å². The molecule has 1 aliphatic heterocycles. The number of benzene rings is 1.